The third-order valence-electron chi connectivity index (χ3n) is 3.00. The zero-order valence-electron chi connectivity index (χ0n) is 10.0. The van der Waals surface area contributed by atoms with Crippen molar-refractivity contribution in [2.75, 3.05) is 36.6 Å². The molecule has 0 aromatic carbocycles. The Bertz CT molecular complexity index is 421. The number of anilines is 2. The molecule has 0 saturated carbocycles. The molecule has 3 rings (SSSR count). The number of nitrogens with zero attached hydrogens (tertiary/aromatic N) is 4. The van der Waals surface area contributed by atoms with Gasteiger partial charge in [0.05, 0.1) is 18.5 Å². The molecule has 0 spiro atoms. The van der Waals surface area contributed by atoms with E-state index in [0.29, 0.717) is 16.4 Å². The van der Waals surface area contributed by atoms with Crippen LogP contribution < -0.4 is 16.2 Å². The quantitative estimate of drug-likeness (QED) is 0.593. The number of rotatable bonds is 4. The van der Waals surface area contributed by atoms with Crippen LogP contribution in [0.1, 0.15) is 12.8 Å². The molecule has 3 N–H and O–H groups in total. The molecule has 98 valence electrons. The molecule has 1 aromatic heterocycles. The molecule has 0 amide bonds. The first-order valence-electron chi connectivity index (χ1n) is 6.07. The topological polar surface area (TPSA) is 89.2 Å². The smallest absolute Gasteiger partial charge is 0.242 e. The van der Waals surface area contributed by atoms with E-state index in [9.17, 15) is 0 Å². The molecular formula is C10H16N6OS. The summed E-state index contributed by atoms with van der Waals surface area (Å²) in [4.78, 5) is 15.2. The van der Waals surface area contributed by atoms with E-state index < -0.39 is 0 Å². The molecule has 1 aromatic rings. The van der Waals surface area contributed by atoms with Gasteiger partial charge < -0.3 is 9.64 Å². The zero-order valence-corrected chi connectivity index (χ0v) is 10.8. The van der Waals surface area contributed by atoms with Gasteiger partial charge in [0.1, 0.15) is 0 Å². The van der Waals surface area contributed by atoms with Crippen LogP contribution in [0.2, 0.25) is 0 Å². The summed E-state index contributed by atoms with van der Waals surface area (Å²) in [5, 5.41) is 1.16. The van der Waals surface area contributed by atoms with E-state index in [4.69, 9.17) is 10.6 Å². The second-order valence-corrected chi connectivity index (χ2v) is 5.62. The number of nitrogens with one attached hydrogen (secondary N) is 1. The van der Waals surface area contributed by atoms with Crippen molar-refractivity contribution in [1.82, 2.24) is 15.0 Å². The predicted octanol–water partition coefficient (Wildman–Crippen LogP) is 0.248. The number of ether oxygens (including phenoxy) is 1. The van der Waals surface area contributed by atoms with E-state index in [2.05, 4.69) is 25.3 Å². The molecule has 2 saturated heterocycles. The highest BCUT2D eigenvalue weighted by Crippen LogP contribution is 2.27. The zero-order chi connectivity index (χ0) is 12.4. The standard InChI is InChI=1S/C10H16N6OS/c11-15-8-12-9(16-3-1-2-4-16)14-10(13-8)18-7-5-17-6-7/h7H,1-6,11H2,(H,12,13,14,15). The Hall–Kier alpha value is -1.12. The minimum atomic E-state index is 0.426. The van der Waals surface area contributed by atoms with Crippen molar-refractivity contribution in [1.29, 1.82) is 0 Å². The molecule has 3 heterocycles. The minimum absolute atomic E-state index is 0.426. The number of hydrogen-bond donors (Lipinski definition) is 2. The van der Waals surface area contributed by atoms with Crippen molar-refractivity contribution < 1.29 is 4.74 Å². The fraction of sp³-hybridized carbons (Fsp3) is 0.700. The maximum Gasteiger partial charge on any atom is 0.242 e. The summed E-state index contributed by atoms with van der Waals surface area (Å²) < 4.78 is 5.15. The van der Waals surface area contributed by atoms with Crippen LogP contribution in [0.5, 0.6) is 0 Å². The summed E-state index contributed by atoms with van der Waals surface area (Å²) in [5.41, 5.74) is 2.51. The predicted molar refractivity (Wildman–Crippen MR) is 69.5 cm³/mol. The first-order valence-corrected chi connectivity index (χ1v) is 6.95. The summed E-state index contributed by atoms with van der Waals surface area (Å²) in [6, 6.07) is 0. The van der Waals surface area contributed by atoms with Crippen molar-refractivity contribution >= 4 is 23.7 Å². The lowest BCUT2D eigenvalue weighted by atomic mass is 10.4. The Kier molecular flexibility index (Phi) is 3.48. The van der Waals surface area contributed by atoms with Crippen molar-refractivity contribution in [3.63, 3.8) is 0 Å². The van der Waals surface area contributed by atoms with Crippen LogP contribution >= 0.6 is 11.8 Å². The van der Waals surface area contributed by atoms with Crippen LogP contribution in [0.15, 0.2) is 5.16 Å². The number of hydrogen-bond acceptors (Lipinski definition) is 8. The summed E-state index contributed by atoms with van der Waals surface area (Å²) in [7, 11) is 0. The molecule has 7 nitrogen and oxygen atoms in total. The van der Waals surface area contributed by atoms with E-state index in [0.717, 1.165) is 32.3 Å². The van der Waals surface area contributed by atoms with Crippen molar-refractivity contribution in [3.8, 4) is 0 Å². The second kappa shape index (κ2) is 5.25. The van der Waals surface area contributed by atoms with Gasteiger partial charge >= 0.3 is 0 Å². The van der Waals surface area contributed by atoms with Crippen LogP contribution in [0.25, 0.3) is 0 Å². The van der Waals surface area contributed by atoms with Gasteiger partial charge in [0.2, 0.25) is 11.9 Å². The summed E-state index contributed by atoms with van der Waals surface area (Å²) >= 11 is 1.62. The first-order chi connectivity index (χ1) is 8.85. The Morgan fingerprint density at radius 2 is 2.00 bits per heavy atom. The lowest BCUT2D eigenvalue weighted by Gasteiger charge is -2.24. The fourth-order valence-electron chi connectivity index (χ4n) is 1.95. The molecule has 0 aliphatic carbocycles. The number of hydrazine groups is 1. The lowest BCUT2D eigenvalue weighted by Crippen LogP contribution is -2.30. The van der Waals surface area contributed by atoms with Gasteiger partial charge in [-0.25, -0.2) is 5.84 Å². The van der Waals surface area contributed by atoms with Crippen LogP contribution in [-0.4, -0.2) is 46.5 Å². The van der Waals surface area contributed by atoms with Crippen LogP contribution in [0.4, 0.5) is 11.9 Å². The number of nitrogen functional groups attached to an aromatic ring is 1. The van der Waals surface area contributed by atoms with Gasteiger partial charge in [-0.1, -0.05) is 11.8 Å². The van der Waals surface area contributed by atoms with Crippen molar-refractivity contribution in [2.24, 2.45) is 5.84 Å². The molecule has 0 unspecified atom stereocenters. The van der Waals surface area contributed by atoms with E-state index in [-0.39, 0.29) is 0 Å². The average Bonchev–Trinajstić information content (AvgIpc) is 2.87. The van der Waals surface area contributed by atoms with E-state index >= 15 is 0 Å². The SMILES string of the molecule is NNc1nc(SC2COC2)nc(N2CCCC2)n1. The Morgan fingerprint density at radius 1 is 1.22 bits per heavy atom. The number of nitrogens with two attached hydrogens (primary N) is 1. The Labute approximate surface area is 109 Å². The van der Waals surface area contributed by atoms with Crippen LogP contribution in [-0.2, 0) is 4.74 Å². The van der Waals surface area contributed by atoms with Gasteiger partial charge in [0.15, 0.2) is 5.16 Å². The van der Waals surface area contributed by atoms with Gasteiger partial charge in [-0.15, -0.1) is 0 Å². The highest BCUT2D eigenvalue weighted by atomic mass is 32.2. The van der Waals surface area contributed by atoms with E-state index in [1.54, 1.807) is 11.8 Å². The van der Waals surface area contributed by atoms with Gasteiger partial charge in [-0.2, -0.15) is 15.0 Å². The highest BCUT2D eigenvalue weighted by molar-refractivity contribution is 7.99. The monoisotopic (exact) mass is 268 g/mol. The van der Waals surface area contributed by atoms with Crippen LogP contribution in [0.3, 0.4) is 0 Å². The third kappa shape index (κ3) is 2.50. The minimum Gasteiger partial charge on any atom is -0.379 e. The first kappa shape index (κ1) is 11.9. The highest BCUT2D eigenvalue weighted by Gasteiger charge is 2.23. The Balaban J connectivity index is 1.80. The van der Waals surface area contributed by atoms with Crippen molar-refractivity contribution in [2.45, 2.75) is 23.2 Å². The molecule has 2 aliphatic rings. The molecule has 0 radical (unpaired) electrons. The molecule has 2 fully saturated rings. The third-order valence-corrected chi connectivity index (χ3v) is 4.00. The maximum atomic E-state index is 5.41. The molecule has 2 aliphatic heterocycles. The molecule has 0 bridgehead atoms. The fourth-order valence-corrected chi connectivity index (χ4v) is 2.85. The summed E-state index contributed by atoms with van der Waals surface area (Å²) in [6.07, 6.45) is 2.38. The van der Waals surface area contributed by atoms with Gasteiger partial charge in [-0.3, -0.25) is 5.43 Å². The Morgan fingerprint density at radius 3 is 2.61 bits per heavy atom. The van der Waals surface area contributed by atoms with Crippen LogP contribution in [0, 0.1) is 0 Å². The second-order valence-electron chi connectivity index (χ2n) is 4.36. The molecule has 0 atom stereocenters. The van der Waals surface area contributed by atoms with Crippen molar-refractivity contribution in [3.05, 3.63) is 0 Å². The normalized spacial score (nSPS) is 19.9. The van der Waals surface area contributed by atoms with E-state index in [1.807, 2.05) is 0 Å². The largest absolute Gasteiger partial charge is 0.379 e. The summed E-state index contributed by atoms with van der Waals surface area (Å²) in [5.74, 6) is 6.55. The maximum absolute atomic E-state index is 5.41. The number of thioether (sulfide) groups is 1. The van der Waals surface area contributed by atoms with E-state index in [1.165, 1.54) is 12.8 Å². The van der Waals surface area contributed by atoms with Gasteiger partial charge in [0.25, 0.3) is 0 Å². The molecule has 8 heteroatoms. The number of aromatic nitrogens is 3. The molecular weight excluding hydrogens is 252 g/mol. The van der Waals surface area contributed by atoms with Gasteiger partial charge in [0, 0.05) is 13.1 Å². The summed E-state index contributed by atoms with van der Waals surface area (Å²) in [6.45, 7) is 3.54. The molecule has 18 heavy (non-hydrogen) atoms. The average molecular weight is 268 g/mol. The van der Waals surface area contributed by atoms with Gasteiger partial charge in [-0.05, 0) is 12.8 Å². The lowest BCUT2D eigenvalue weighted by molar-refractivity contribution is 0.0454.